The third kappa shape index (κ3) is 2.25. The van der Waals surface area contributed by atoms with E-state index in [0.29, 0.717) is 17.0 Å². The third-order valence-electron chi connectivity index (χ3n) is 2.82. The molecule has 0 aliphatic rings. The van der Waals surface area contributed by atoms with Crippen molar-refractivity contribution in [3.63, 3.8) is 0 Å². The number of hydrogen-bond donors (Lipinski definition) is 0. The monoisotopic (exact) mass is 241 g/mol. The van der Waals surface area contributed by atoms with Gasteiger partial charge in [0.15, 0.2) is 0 Å². The molecule has 0 amide bonds. The SMILES string of the molecule is COc1ccc(C)cc1C(=O)c1ncccc1C. The molecule has 1 aromatic carbocycles. The average Bonchev–Trinajstić information content (AvgIpc) is 2.38. The molecule has 2 aromatic rings. The molecule has 0 saturated heterocycles. The van der Waals surface area contributed by atoms with Gasteiger partial charge in [-0.15, -0.1) is 0 Å². The van der Waals surface area contributed by atoms with E-state index in [1.165, 1.54) is 0 Å². The van der Waals surface area contributed by atoms with Crippen LogP contribution in [0, 0.1) is 13.8 Å². The molecule has 0 radical (unpaired) electrons. The molecule has 0 saturated carbocycles. The highest BCUT2D eigenvalue weighted by Crippen LogP contribution is 2.23. The first-order chi connectivity index (χ1) is 8.63. The third-order valence-corrected chi connectivity index (χ3v) is 2.82. The maximum atomic E-state index is 12.5. The van der Waals surface area contributed by atoms with Gasteiger partial charge in [-0.3, -0.25) is 9.78 Å². The van der Waals surface area contributed by atoms with Crippen LogP contribution in [-0.2, 0) is 0 Å². The van der Waals surface area contributed by atoms with Gasteiger partial charge in [-0.25, -0.2) is 0 Å². The highest BCUT2D eigenvalue weighted by atomic mass is 16.5. The molecule has 0 aliphatic heterocycles. The second-order valence-corrected chi connectivity index (χ2v) is 4.20. The maximum Gasteiger partial charge on any atom is 0.215 e. The predicted molar refractivity (Wildman–Crippen MR) is 70.1 cm³/mol. The number of carbonyl (C=O) groups is 1. The number of aryl methyl sites for hydroxylation is 2. The van der Waals surface area contributed by atoms with Crippen molar-refractivity contribution in [2.45, 2.75) is 13.8 Å². The van der Waals surface area contributed by atoms with Gasteiger partial charge in [-0.1, -0.05) is 17.7 Å². The van der Waals surface area contributed by atoms with Crippen LogP contribution < -0.4 is 4.74 Å². The smallest absolute Gasteiger partial charge is 0.215 e. The molecule has 0 unspecified atom stereocenters. The molecule has 3 heteroatoms. The van der Waals surface area contributed by atoms with E-state index in [1.54, 1.807) is 19.4 Å². The summed E-state index contributed by atoms with van der Waals surface area (Å²) in [5.41, 5.74) is 2.92. The summed E-state index contributed by atoms with van der Waals surface area (Å²) in [5.74, 6) is 0.476. The Kier molecular flexibility index (Phi) is 3.42. The van der Waals surface area contributed by atoms with E-state index in [-0.39, 0.29) is 5.78 Å². The lowest BCUT2D eigenvalue weighted by atomic mass is 10.0. The van der Waals surface area contributed by atoms with Gasteiger partial charge in [0.2, 0.25) is 5.78 Å². The molecule has 18 heavy (non-hydrogen) atoms. The zero-order chi connectivity index (χ0) is 13.1. The molecule has 3 nitrogen and oxygen atoms in total. The highest BCUT2D eigenvalue weighted by Gasteiger charge is 2.17. The first kappa shape index (κ1) is 12.3. The van der Waals surface area contributed by atoms with Crippen molar-refractivity contribution in [1.82, 2.24) is 4.98 Å². The van der Waals surface area contributed by atoms with Gasteiger partial charge in [-0.2, -0.15) is 0 Å². The molecule has 0 bridgehead atoms. The van der Waals surface area contributed by atoms with Crippen LogP contribution in [0.3, 0.4) is 0 Å². The highest BCUT2D eigenvalue weighted by molar-refractivity contribution is 6.10. The second kappa shape index (κ2) is 5.00. The van der Waals surface area contributed by atoms with E-state index < -0.39 is 0 Å². The minimum Gasteiger partial charge on any atom is -0.496 e. The molecular formula is C15H15NO2. The Balaban J connectivity index is 2.52. The Bertz CT molecular complexity index is 591. The van der Waals surface area contributed by atoms with E-state index in [4.69, 9.17) is 4.74 Å². The van der Waals surface area contributed by atoms with Gasteiger partial charge >= 0.3 is 0 Å². The Labute approximate surface area is 106 Å². The molecule has 0 aliphatic carbocycles. The Hall–Kier alpha value is -2.16. The lowest BCUT2D eigenvalue weighted by Gasteiger charge is -2.09. The topological polar surface area (TPSA) is 39.2 Å². The first-order valence-corrected chi connectivity index (χ1v) is 5.74. The van der Waals surface area contributed by atoms with E-state index in [9.17, 15) is 4.79 Å². The Morgan fingerprint density at radius 3 is 2.67 bits per heavy atom. The van der Waals surface area contributed by atoms with Crippen molar-refractivity contribution in [1.29, 1.82) is 0 Å². The number of benzene rings is 1. The molecule has 2 rings (SSSR count). The summed E-state index contributed by atoms with van der Waals surface area (Å²) in [6.45, 7) is 3.82. The fraction of sp³-hybridized carbons (Fsp3) is 0.200. The van der Waals surface area contributed by atoms with Crippen molar-refractivity contribution >= 4 is 5.78 Å². The zero-order valence-corrected chi connectivity index (χ0v) is 10.7. The molecule has 1 heterocycles. The number of aromatic nitrogens is 1. The zero-order valence-electron chi connectivity index (χ0n) is 10.7. The normalized spacial score (nSPS) is 10.2. The summed E-state index contributed by atoms with van der Waals surface area (Å²) in [5, 5.41) is 0. The van der Waals surface area contributed by atoms with E-state index >= 15 is 0 Å². The second-order valence-electron chi connectivity index (χ2n) is 4.20. The molecule has 92 valence electrons. The van der Waals surface area contributed by atoms with Crippen LogP contribution in [-0.4, -0.2) is 17.9 Å². The van der Waals surface area contributed by atoms with Gasteiger partial charge in [0.25, 0.3) is 0 Å². The number of ether oxygens (including phenoxy) is 1. The average molecular weight is 241 g/mol. The molecule has 1 aromatic heterocycles. The van der Waals surface area contributed by atoms with Crippen molar-refractivity contribution in [3.8, 4) is 5.75 Å². The van der Waals surface area contributed by atoms with Crippen LogP contribution in [0.4, 0.5) is 0 Å². The molecule has 0 N–H and O–H groups in total. The van der Waals surface area contributed by atoms with Crippen LogP contribution in [0.25, 0.3) is 0 Å². The van der Waals surface area contributed by atoms with Crippen molar-refractivity contribution in [3.05, 3.63) is 58.9 Å². The van der Waals surface area contributed by atoms with Crippen LogP contribution in [0.1, 0.15) is 27.2 Å². The van der Waals surface area contributed by atoms with Crippen LogP contribution in [0.2, 0.25) is 0 Å². The van der Waals surface area contributed by atoms with Crippen LogP contribution in [0.15, 0.2) is 36.5 Å². The summed E-state index contributed by atoms with van der Waals surface area (Å²) in [6, 6.07) is 9.25. The maximum absolute atomic E-state index is 12.5. The largest absolute Gasteiger partial charge is 0.496 e. The van der Waals surface area contributed by atoms with E-state index in [0.717, 1.165) is 11.1 Å². The van der Waals surface area contributed by atoms with Crippen molar-refractivity contribution < 1.29 is 9.53 Å². The molecular weight excluding hydrogens is 226 g/mol. The fourth-order valence-corrected chi connectivity index (χ4v) is 1.85. The number of hydrogen-bond acceptors (Lipinski definition) is 3. The molecule has 0 spiro atoms. The first-order valence-electron chi connectivity index (χ1n) is 5.74. The predicted octanol–water partition coefficient (Wildman–Crippen LogP) is 2.94. The quantitative estimate of drug-likeness (QED) is 0.775. The standard InChI is InChI=1S/C15H15NO2/c1-10-6-7-13(18-3)12(9-10)15(17)14-11(2)5-4-8-16-14/h4-9H,1-3H3. The molecule has 0 fully saturated rings. The Morgan fingerprint density at radius 2 is 2.00 bits per heavy atom. The fourth-order valence-electron chi connectivity index (χ4n) is 1.85. The minimum atomic E-state index is -0.103. The number of ketones is 1. The summed E-state index contributed by atoms with van der Waals surface area (Å²) in [6.07, 6.45) is 1.63. The van der Waals surface area contributed by atoms with E-state index in [2.05, 4.69) is 4.98 Å². The Morgan fingerprint density at radius 1 is 1.22 bits per heavy atom. The van der Waals surface area contributed by atoms with Gasteiger partial charge in [0, 0.05) is 6.20 Å². The summed E-state index contributed by atoms with van der Waals surface area (Å²) in [7, 11) is 1.56. The summed E-state index contributed by atoms with van der Waals surface area (Å²) in [4.78, 5) is 16.6. The molecule has 0 atom stereocenters. The van der Waals surface area contributed by atoms with E-state index in [1.807, 2.05) is 38.1 Å². The van der Waals surface area contributed by atoms with Gasteiger partial charge in [0.05, 0.1) is 12.7 Å². The summed E-state index contributed by atoms with van der Waals surface area (Å²) < 4.78 is 5.23. The lowest BCUT2D eigenvalue weighted by molar-refractivity contribution is 0.103. The van der Waals surface area contributed by atoms with Crippen molar-refractivity contribution in [2.75, 3.05) is 7.11 Å². The van der Waals surface area contributed by atoms with Gasteiger partial charge in [0.1, 0.15) is 11.4 Å². The lowest BCUT2D eigenvalue weighted by Crippen LogP contribution is -2.08. The number of rotatable bonds is 3. The number of pyridine rings is 1. The van der Waals surface area contributed by atoms with Crippen molar-refractivity contribution in [2.24, 2.45) is 0 Å². The number of carbonyl (C=O) groups excluding carboxylic acids is 1. The van der Waals surface area contributed by atoms with Crippen LogP contribution >= 0.6 is 0 Å². The summed E-state index contributed by atoms with van der Waals surface area (Å²) >= 11 is 0. The minimum absolute atomic E-state index is 0.103. The number of methoxy groups -OCH3 is 1. The van der Waals surface area contributed by atoms with Gasteiger partial charge < -0.3 is 4.74 Å². The van der Waals surface area contributed by atoms with Gasteiger partial charge in [-0.05, 0) is 37.6 Å². The van der Waals surface area contributed by atoms with Crippen LogP contribution in [0.5, 0.6) is 5.75 Å². The number of nitrogens with zero attached hydrogens (tertiary/aromatic N) is 1.